The number of hydrogen-bond acceptors (Lipinski definition) is 4. The Kier molecular flexibility index (Phi) is 2.81. The Morgan fingerprint density at radius 3 is 2.40 bits per heavy atom. The van der Waals surface area contributed by atoms with Crippen LogP contribution >= 0.6 is 0 Å². The van der Waals surface area contributed by atoms with Gasteiger partial charge in [-0.2, -0.15) is 0 Å². The third-order valence-corrected chi connectivity index (χ3v) is 5.36. The van der Waals surface area contributed by atoms with E-state index in [4.69, 9.17) is 0 Å². The summed E-state index contributed by atoms with van der Waals surface area (Å²) in [5.41, 5.74) is 0. The molecule has 2 rings (SSSR count). The maximum Gasteiger partial charge on any atom is 0.154 e. The number of sulfone groups is 1. The molecule has 0 aromatic heterocycles. The van der Waals surface area contributed by atoms with Gasteiger partial charge in [0.1, 0.15) is 0 Å². The molecule has 0 amide bonds. The van der Waals surface area contributed by atoms with Crippen LogP contribution in [0.4, 0.5) is 0 Å². The molecule has 2 aliphatic rings. The van der Waals surface area contributed by atoms with Gasteiger partial charge in [-0.25, -0.2) is 8.42 Å². The fraction of sp³-hybridized carbons (Fsp3) is 1.00. The molecule has 88 valence electrons. The van der Waals surface area contributed by atoms with E-state index < -0.39 is 15.9 Å². The van der Waals surface area contributed by atoms with E-state index >= 15 is 0 Å². The minimum absolute atomic E-state index is 0.0672. The van der Waals surface area contributed by atoms with Crippen LogP contribution in [-0.2, 0) is 9.84 Å². The average molecular weight is 233 g/mol. The highest BCUT2D eigenvalue weighted by Crippen LogP contribution is 2.38. The van der Waals surface area contributed by atoms with Gasteiger partial charge in [0.15, 0.2) is 9.84 Å². The molecule has 0 aromatic carbocycles. The van der Waals surface area contributed by atoms with Crippen LogP contribution in [-0.4, -0.2) is 55.7 Å². The Bertz CT molecular complexity index is 341. The highest BCUT2D eigenvalue weighted by Gasteiger charge is 2.41. The first kappa shape index (κ1) is 11.4. The Morgan fingerprint density at radius 1 is 1.40 bits per heavy atom. The van der Waals surface area contributed by atoms with E-state index in [-0.39, 0.29) is 17.5 Å². The lowest BCUT2D eigenvalue weighted by atomic mass is 10.2. The van der Waals surface area contributed by atoms with E-state index in [0.29, 0.717) is 5.92 Å². The summed E-state index contributed by atoms with van der Waals surface area (Å²) in [6, 6.07) is -0.192. The molecule has 1 heterocycles. The normalized spacial score (nSPS) is 43.5. The fourth-order valence-corrected chi connectivity index (χ4v) is 4.27. The average Bonchev–Trinajstić information content (AvgIpc) is 2.67. The molecular weight excluding hydrogens is 214 g/mol. The summed E-state index contributed by atoms with van der Waals surface area (Å²) in [5.74, 6) is 1.52. The van der Waals surface area contributed by atoms with Gasteiger partial charge in [-0.15, -0.1) is 0 Å². The molecule has 1 saturated carbocycles. The van der Waals surface area contributed by atoms with Crippen LogP contribution in [0.2, 0.25) is 0 Å². The van der Waals surface area contributed by atoms with E-state index in [1.807, 2.05) is 11.9 Å². The zero-order valence-electron chi connectivity index (χ0n) is 9.26. The fourth-order valence-electron chi connectivity index (χ4n) is 2.39. The number of likely N-dealkylation sites (N-methyl/N-ethyl adjacent to an activating group) is 1. The highest BCUT2D eigenvalue weighted by molar-refractivity contribution is 7.91. The minimum atomic E-state index is -3.01. The van der Waals surface area contributed by atoms with E-state index in [9.17, 15) is 13.5 Å². The summed E-state index contributed by atoms with van der Waals surface area (Å²) in [6.45, 7) is 3.12. The Hall–Kier alpha value is -0.130. The van der Waals surface area contributed by atoms with Crippen LogP contribution in [0.3, 0.4) is 0 Å². The number of nitrogens with zero attached hydrogens (tertiary/aromatic N) is 1. The standard InChI is InChI=1S/C10H19NO3S/c1-7-3-8(7)4-11(2)9-5-15(13,14)6-10(9)12/h7-10,12H,3-6H2,1-2H3. The molecule has 15 heavy (non-hydrogen) atoms. The van der Waals surface area contributed by atoms with Gasteiger partial charge < -0.3 is 5.11 Å². The van der Waals surface area contributed by atoms with Crippen molar-refractivity contribution in [3.05, 3.63) is 0 Å². The summed E-state index contributed by atoms with van der Waals surface area (Å²) in [7, 11) is -1.09. The van der Waals surface area contributed by atoms with Crippen LogP contribution < -0.4 is 0 Å². The number of hydrogen-bond donors (Lipinski definition) is 1. The molecule has 0 spiro atoms. The smallest absolute Gasteiger partial charge is 0.154 e. The van der Waals surface area contributed by atoms with Gasteiger partial charge in [-0.3, -0.25) is 4.90 Å². The third kappa shape index (κ3) is 2.52. The van der Waals surface area contributed by atoms with Crippen molar-refractivity contribution in [2.24, 2.45) is 11.8 Å². The van der Waals surface area contributed by atoms with Crippen molar-refractivity contribution in [2.75, 3.05) is 25.1 Å². The second-order valence-corrected chi connectivity index (χ2v) is 7.28. The predicted molar refractivity (Wildman–Crippen MR) is 58.3 cm³/mol. The van der Waals surface area contributed by atoms with Gasteiger partial charge in [0.2, 0.25) is 0 Å². The molecule has 1 aliphatic heterocycles. The Balaban J connectivity index is 1.93. The minimum Gasteiger partial charge on any atom is -0.390 e. The van der Waals surface area contributed by atoms with Crippen molar-refractivity contribution >= 4 is 9.84 Å². The van der Waals surface area contributed by atoms with E-state index in [1.165, 1.54) is 6.42 Å². The van der Waals surface area contributed by atoms with Crippen molar-refractivity contribution in [3.63, 3.8) is 0 Å². The Morgan fingerprint density at radius 2 is 2.00 bits per heavy atom. The van der Waals surface area contributed by atoms with Crippen molar-refractivity contribution in [1.29, 1.82) is 0 Å². The molecule has 4 nitrogen and oxygen atoms in total. The van der Waals surface area contributed by atoms with Crippen LogP contribution in [0.1, 0.15) is 13.3 Å². The predicted octanol–water partition coefficient (Wildman–Crippen LogP) is -0.268. The highest BCUT2D eigenvalue weighted by atomic mass is 32.2. The first-order valence-electron chi connectivity index (χ1n) is 5.48. The van der Waals surface area contributed by atoms with Crippen LogP contribution in [0.25, 0.3) is 0 Å². The van der Waals surface area contributed by atoms with Gasteiger partial charge >= 0.3 is 0 Å². The van der Waals surface area contributed by atoms with Gasteiger partial charge in [0.25, 0.3) is 0 Å². The second kappa shape index (κ2) is 3.71. The molecule has 4 unspecified atom stereocenters. The summed E-state index contributed by atoms with van der Waals surface area (Å²) < 4.78 is 22.7. The molecule has 0 aromatic rings. The molecule has 0 bridgehead atoms. The SMILES string of the molecule is CC1CC1CN(C)C1CS(=O)(=O)CC1O. The molecular formula is C10H19NO3S. The van der Waals surface area contributed by atoms with Crippen molar-refractivity contribution in [2.45, 2.75) is 25.5 Å². The lowest BCUT2D eigenvalue weighted by Gasteiger charge is -2.25. The largest absolute Gasteiger partial charge is 0.390 e. The zero-order valence-corrected chi connectivity index (χ0v) is 10.1. The van der Waals surface area contributed by atoms with Crippen LogP contribution in [0, 0.1) is 11.8 Å². The number of rotatable bonds is 3. The summed E-state index contributed by atoms with van der Waals surface area (Å²) >= 11 is 0. The summed E-state index contributed by atoms with van der Waals surface area (Å²) in [6.07, 6.45) is 0.536. The first-order chi connectivity index (χ1) is 6.89. The topological polar surface area (TPSA) is 57.6 Å². The quantitative estimate of drug-likeness (QED) is 0.729. The molecule has 4 atom stereocenters. The molecule has 1 saturated heterocycles. The van der Waals surface area contributed by atoms with Gasteiger partial charge in [0.05, 0.1) is 23.7 Å². The van der Waals surface area contributed by atoms with E-state index in [1.54, 1.807) is 0 Å². The van der Waals surface area contributed by atoms with Gasteiger partial charge in [0, 0.05) is 6.54 Å². The van der Waals surface area contributed by atoms with Crippen molar-refractivity contribution < 1.29 is 13.5 Å². The van der Waals surface area contributed by atoms with Crippen molar-refractivity contribution in [1.82, 2.24) is 4.90 Å². The number of aliphatic hydroxyl groups excluding tert-OH is 1. The Labute approximate surface area is 91.2 Å². The van der Waals surface area contributed by atoms with Gasteiger partial charge in [-0.05, 0) is 25.3 Å². The lowest BCUT2D eigenvalue weighted by Crippen LogP contribution is -2.41. The van der Waals surface area contributed by atoms with Gasteiger partial charge in [-0.1, -0.05) is 6.92 Å². The second-order valence-electron chi connectivity index (χ2n) is 5.12. The first-order valence-corrected chi connectivity index (χ1v) is 7.30. The third-order valence-electron chi connectivity index (χ3n) is 3.66. The van der Waals surface area contributed by atoms with Crippen LogP contribution in [0.5, 0.6) is 0 Å². The maximum atomic E-state index is 11.3. The van der Waals surface area contributed by atoms with Crippen molar-refractivity contribution in [3.8, 4) is 0 Å². The van der Waals surface area contributed by atoms with E-state index in [2.05, 4.69) is 6.92 Å². The molecule has 1 N–H and O–H groups in total. The zero-order chi connectivity index (χ0) is 11.2. The number of aliphatic hydroxyl groups is 1. The maximum absolute atomic E-state index is 11.3. The molecule has 1 aliphatic carbocycles. The summed E-state index contributed by atoms with van der Waals surface area (Å²) in [4.78, 5) is 2.02. The van der Waals surface area contributed by atoms with Crippen LogP contribution in [0.15, 0.2) is 0 Å². The summed E-state index contributed by atoms with van der Waals surface area (Å²) in [5, 5.41) is 9.67. The van der Waals surface area contributed by atoms with E-state index in [0.717, 1.165) is 12.5 Å². The lowest BCUT2D eigenvalue weighted by molar-refractivity contribution is 0.0963. The molecule has 0 radical (unpaired) electrons. The monoisotopic (exact) mass is 233 g/mol. The molecule has 5 heteroatoms. The molecule has 2 fully saturated rings.